The molecule has 3 aromatic rings. The summed E-state index contributed by atoms with van der Waals surface area (Å²) in [7, 11) is 0. The Balaban J connectivity index is 1.68. The zero-order valence-electron chi connectivity index (χ0n) is 14.8. The summed E-state index contributed by atoms with van der Waals surface area (Å²) in [6.45, 7) is 4.33. The number of ether oxygens (including phenoxy) is 1. The van der Waals surface area contributed by atoms with Gasteiger partial charge in [-0.05, 0) is 72.8 Å². The van der Waals surface area contributed by atoms with Gasteiger partial charge in [-0.15, -0.1) is 5.10 Å². The number of aromatic nitrogens is 4. The molecule has 3 rings (SSSR count). The van der Waals surface area contributed by atoms with Crippen LogP contribution in [0.25, 0.3) is 5.69 Å². The Morgan fingerprint density at radius 1 is 1.22 bits per heavy atom. The maximum absolute atomic E-state index is 12.4. The summed E-state index contributed by atoms with van der Waals surface area (Å²) in [6.07, 6.45) is 0. The molecule has 7 nitrogen and oxygen atoms in total. The molecule has 2 aromatic carbocycles. The first kappa shape index (κ1) is 19.2. The van der Waals surface area contributed by atoms with E-state index in [0.717, 1.165) is 11.4 Å². The molecular weight excluding hydrogens is 386 g/mol. The van der Waals surface area contributed by atoms with Crippen LogP contribution in [0.2, 0.25) is 5.02 Å². The molecule has 0 aliphatic carbocycles. The summed E-state index contributed by atoms with van der Waals surface area (Å²) in [5.74, 6) is 0.628. The minimum absolute atomic E-state index is 0.149. The first-order valence-corrected chi connectivity index (χ1v) is 9.57. The number of hydrogen-bond acceptors (Lipinski definition) is 6. The number of amides is 1. The second-order valence-electron chi connectivity index (χ2n) is 5.56. The number of nitrogens with one attached hydrogen (secondary N) is 1. The summed E-state index contributed by atoms with van der Waals surface area (Å²) in [6, 6.07) is 14.4. The van der Waals surface area contributed by atoms with Crippen LogP contribution in [0.3, 0.4) is 0 Å². The van der Waals surface area contributed by atoms with E-state index in [-0.39, 0.29) is 5.91 Å². The number of carbonyl (C=O) groups is 1. The topological polar surface area (TPSA) is 81.9 Å². The smallest absolute Gasteiger partial charge is 0.237 e. The number of halogens is 1. The van der Waals surface area contributed by atoms with Gasteiger partial charge in [0, 0.05) is 10.7 Å². The Bertz CT molecular complexity index is 899. The van der Waals surface area contributed by atoms with Gasteiger partial charge in [0.25, 0.3) is 0 Å². The van der Waals surface area contributed by atoms with E-state index >= 15 is 0 Å². The maximum atomic E-state index is 12.4. The molecule has 0 aliphatic rings. The van der Waals surface area contributed by atoms with Gasteiger partial charge in [-0.25, -0.2) is 0 Å². The van der Waals surface area contributed by atoms with Gasteiger partial charge in [0.2, 0.25) is 11.1 Å². The molecule has 0 radical (unpaired) electrons. The third-order valence-corrected chi connectivity index (χ3v) is 4.88. The van der Waals surface area contributed by atoms with E-state index in [4.69, 9.17) is 16.3 Å². The summed E-state index contributed by atoms with van der Waals surface area (Å²) in [4.78, 5) is 12.4. The quantitative estimate of drug-likeness (QED) is 0.603. The Kier molecular flexibility index (Phi) is 6.31. The molecule has 1 N–H and O–H groups in total. The van der Waals surface area contributed by atoms with E-state index in [1.54, 1.807) is 35.9 Å². The average molecular weight is 404 g/mol. The largest absolute Gasteiger partial charge is 0.494 e. The van der Waals surface area contributed by atoms with E-state index in [1.807, 2.05) is 31.2 Å². The molecule has 0 aliphatic heterocycles. The summed E-state index contributed by atoms with van der Waals surface area (Å²) in [5, 5.41) is 15.4. The van der Waals surface area contributed by atoms with Gasteiger partial charge >= 0.3 is 0 Å². The van der Waals surface area contributed by atoms with Gasteiger partial charge in [0.1, 0.15) is 5.75 Å². The molecule has 140 valence electrons. The normalized spacial score (nSPS) is 11.8. The number of anilines is 1. The van der Waals surface area contributed by atoms with Crippen LogP contribution in [0.1, 0.15) is 13.8 Å². The zero-order chi connectivity index (χ0) is 19.2. The van der Waals surface area contributed by atoms with Crippen molar-refractivity contribution >= 4 is 35.0 Å². The predicted octanol–water partition coefficient (Wildman–Crippen LogP) is 3.83. The van der Waals surface area contributed by atoms with Crippen molar-refractivity contribution in [1.82, 2.24) is 20.2 Å². The van der Waals surface area contributed by atoms with Gasteiger partial charge in [0.15, 0.2) is 0 Å². The van der Waals surface area contributed by atoms with Crippen molar-refractivity contribution < 1.29 is 9.53 Å². The number of carbonyl (C=O) groups excluding carboxylic acids is 1. The molecule has 27 heavy (non-hydrogen) atoms. The lowest BCUT2D eigenvalue weighted by Crippen LogP contribution is -2.22. The number of tetrazole rings is 1. The highest BCUT2D eigenvalue weighted by molar-refractivity contribution is 8.00. The second-order valence-corrected chi connectivity index (χ2v) is 7.30. The molecule has 0 saturated carbocycles. The van der Waals surface area contributed by atoms with Crippen molar-refractivity contribution in [2.75, 3.05) is 11.9 Å². The number of nitrogens with zero attached hydrogens (tertiary/aromatic N) is 4. The Labute approximate surface area is 166 Å². The van der Waals surface area contributed by atoms with E-state index in [2.05, 4.69) is 20.8 Å². The molecule has 1 heterocycles. The third-order valence-electron chi connectivity index (χ3n) is 3.60. The van der Waals surface area contributed by atoms with E-state index in [9.17, 15) is 4.79 Å². The molecule has 1 aromatic heterocycles. The van der Waals surface area contributed by atoms with Crippen LogP contribution in [0, 0.1) is 0 Å². The highest BCUT2D eigenvalue weighted by Crippen LogP contribution is 2.25. The van der Waals surface area contributed by atoms with Gasteiger partial charge in [-0.2, -0.15) is 4.68 Å². The number of rotatable bonds is 7. The number of thioether (sulfide) groups is 1. The summed E-state index contributed by atoms with van der Waals surface area (Å²) >= 11 is 7.13. The standard InChI is InChI=1S/C18H18ClN5O2S/c1-3-26-16-10-8-15(9-11-16)24-18(21-22-23-24)27-12(2)17(25)20-14-6-4-13(19)5-7-14/h4-12H,3H2,1-2H3,(H,20,25)/t12-/m1/s1. The first-order chi connectivity index (χ1) is 13.1. The average Bonchev–Trinajstić information content (AvgIpc) is 3.12. The Morgan fingerprint density at radius 2 is 1.93 bits per heavy atom. The van der Waals surface area contributed by atoms with Gasteiger partial charge < -0.3 is 10.1 Å². The van der Waals surface area contributed by atoms with Crippen molar-refractivity contribution in [2.45, 2.75) is 24.3 Å². The third kappa shape index (κ3) is 4.99. The van der Waals surface area contributed by atoms with E-state index < -0.39 is 5.25 Å². The molecule has 0 fully saturated rings. The van der Waals surface area contributed by atoms with Crippen molar-refractivity contribution in [2.24, 2.45) is 0 Å². The molecule has 9 heteroatoms. The zero-order valence-corrected chi connectivity index (χ0v) is 16.4. The lowest BCUT2D eigenvalue weighted by atomic mass is 10.3. The van der Waals surface area contributed by atoms with E-state index in [1.165, 1.54) is 11.8 Å². The maximum Gasteiger partial charge on any atom is 0.237 e. The van der Waals surface area contributed by atoms with Crippen LogP contribution in [0.4, 0.5) is 5.69 Å². The fourth-order valence-electron chi connectivity index (χ4n) is 2.25. The molecule has 0 unspecified atom stereocenters. The molecule has 0 spiro atoms. The van der Waals surface area contributed by atoms with Crippen LogP contribution >= 0.6 is 23.4 Å². The van der Waals surface area contributed by atoms with Crippen LogP contribution in [-0.4, -0.2) is 38.0 Å². The predicted molar refractivity (Wildman–Crippen MR) is 106 cm³/mol. The second kappa shape index (κ2) is 8.88. The SMILES string of the molecule is CCOc1ccc(-n2nnnc2S[C@H](C)C(=O)Nc2ccc(Cl)cc2)cc1. The Hall–Kier alpha value is -2.58. The minimum atomic E-state index is -0.395. The monoisotopic (exact) mass is 403 g/mol. The van der Waals surface area contributed by atoms with Crippen molar-refractivity contribution in [3.63, 3.8) is 0 Å². The highest BCUT2D eigenvalue weighted by Gasteiger charge is 2.19. The molecule has 1 atom stereocenters. The van der Waals surface area contributed by atoms with Crippen LogP contribution in [-0.2, 0) is 4.79 Å². The first-order valence-electron chi connectivity index (χ1n) is 8.31. The van der Waals surface area contributed by atoms with Gasteiger partial charge in [0.05, 0.1) is 17.5 Å². The Morgan fingerprint density at radius 3 is 2.59 bits per heavy atom. The molecule has 0 bridgehead atoms. The molecular formula is C18H18ClN5O2S. The van der Waals surface area contributed by atoms with E-state index in [0.29, 0.717) is 22.5 Å². The van der Waals surface area contributed by atoms with Gasteiger partial charge in [-0.3, -0.25) is 4.79 Å². The summed E-state index contributed by atoms with van der Waals surface area (Å²) in [5.41, 5.74) is 1.47. The fraction of sp³-hybridized carbons (Fsp3) is 0.222. The molecule has 0 saturated heterocycles. The highest BCUT2D eigenvalue weighted by atomic mass is 35.5. The lowest BCUT2D eigenvalue weighted by molar-refractivity contribution is -0.115. The summed E-state index contributed by atoms with van der Waals surface area (Å²) < 4.78 is 7.03. The van der Waals surface area contributed by atoms with Crippen LogP contribution in [0.15, 0.2) is 53.7 Å². The van der Waals surface area contributed by atoms with Crippen molar-refractivity contribution in [1.29, 1.82) is 0 Å². The van der Waals surface area contributed by atoms with Gasteiger partial charge in [-0.1, -0.05) is 23.4 Å². The van der Waals surface area contributed by atoms with Crippen LogP contribution in [0.5, 0.6) is 5.75 Å². The lowest BCUT2D eigenvalue weighted by Gasteiger charge is -2.12. The van der Waals surface area contributed by atoms with Crippen molar-refractivity contribution in [3.8, 4) is 11.4 Å². The minimum Gasteiger partial charge on any atom is -0.494 e. The van der Waals surface area contributed by atoms with Crippen LogP contribution < -0.4 is 10.1 Å². The number of benzene rings is 2. The fourth-order valence-corrected chi connectivity index (χ4v) is 3.19. The molecule has 1 amide bonds. The van der Waals surface area contributed by atoms with Crippen molar-refractivity contribution in [3.05, 3.63) is 53.6 Å². The number of hydrogen-bond donors (Lipinski definition) is 1.